The van der Waals surface area contributed by atoms with E-state index in [1.165, 1.54) is 0 Å². The molecular weight excluding hydrogens is 472 g/mol. The van der Waals surface area contributed by atoms with Gasteiger partial charge in [0.2, 0.25) is 0 Å². The summed E-state index contributed by atoms with van der Waals surface area (Å²) in [5.41, 5.74) is -2.11. The normalized spacial score (nSPS) is 64.5. The molecule has 4 saturated carbocycles. The quantitative estimate of drug-likeness (QED) is 0.380. The van der Waals surface area contributed by atoms with Gasteiger partial charge in [-0.3, -0.25) is 9.59 Å². The molecule has 0 aromatic carbocycles. The number of rotatable bonds is 0. The van der Waals surface area contributed by atoms with Crippen molar-refractivity contribution in [1.82, 2.24) is 0 Å². The molecule has 37 heavy (non-hydrogen) atoms. The second kappa shape index (κ2) is 6.31. The van der Waals surface area contributed by atoms with Crippen LogP contribution in [0.4, 0.5) is 0 Å². The van der Waals surface area contributed by atoms with E-state index < -0.39 is 33.9 Å². The van der Waals surface area contributed by atoms with Gasteiger partial charge in [0.25, 0.3) is 0 Å². The summed E-state index contributed by atoms with van der Waals surface area (Å²) >= 11 is 0. The summed E-state index contributed by atoms with van der Waals surface area (Å²) < 4.78 is 19.4. The van der Waals surface area contributed by atoms with Crippen molar-refractivity contribution < 1.29 is 34.0 Å². The van der Waals surface area contributed by atoms with Crippen molar-refractivity contribution in [3.63, 3.8) is 0 Å². The van der Waals surface area contributed by atoms with E-state index >= 15 is 0 Å². The first kappa shape index (κ1) is 23.4. The lowest BCUT2D eigenvalue weighted by molar-refractivity contribution is -0.221. The fourth-order valence-electron chi connectivity index (χ4n) is 12.4. The molecule has 3 saturated heterocycles. The Labute approximate surface area is 218 Å². The van der Waals surface area contributed by atoms with Gasteiger partial charge in [-0.1, -0.05) is 19.4 Å². The van der Waals surface area contributed by atoms with Crippen LogP contribution in [0.15, 0.2) is 11.1 Å². The van der Waals surface area contributed by atoms with Crippen molar-refractivity contribution in [1.29, 1.82) is 0 Å². The fraction of sp³-hybridized carbons (Fsp3) is 0.867. The molecule has 7 heteroatoms. The second-order valence-electron chi connectivity index (χ2n) is 14.7. The van der Waals surface area contributed by atoms with Crippen LogP contribution in [0.2, 0.25) is 0 Å². The number of fused-ring (bicyclic) bond motifs is 7. The maximum atomic E-state index is 13.2. The van der Waals surface area contributed by atoms with Crippen LogP contribution in [0.3, 0.4) is 0 Å². The van der Waals surface area contributed by atoms with Gasteiger partial charge in [0.15, 0.2) is 0 Å². The van der Waals surface area contributed by atoms with Crippen LogP contribution in [0.25, 0.3) is 0 Å². The number of ether oxygens (including phenoxy) is 3. The minimum Gasteiger partial charge on any atom is -0.461 e. The van der Waals surface area contributed by atoms with Crippen molar-refractivity contribution in [2.75, 3.05) is 0 Å². The lowest BCUT2D eigenvalue weighted by Gasteiger charge is -2.53. The van der Waals surface area contributed by atoms with E-state index in [9.17, 15) is 19.8 Å². The Bertz CT molecular complexity index is 1190. The van der Waals surface area contributed by atoms with Crippen molar-refractivity contribution in [3.05, 3.63) is 11.1 Å². The third-order valence-corrected chi connectivity index (χ3v) is 13.5. The van der Waals surface area contributed by atoms with Crippen LogP contribution < -0.4 is 0 Å². The number of carbonyl (C=O) groups excluding carboxylic acids is 2. The summed E-state index contributed by atoms with van der Waals surface area (Å²) in [6, 6.07) is 0. The molecular formula is C30H40O7. The van der Waals surface area contributed by atoms with E-state index in [1.807, 2.05) is 20.8 Å². The zero-order valence-electron chi connectivity index (χ0n) is 22.7. The highest BCUT2D eigenvalue weighted by molar-refractivity contribution is 5.76. The van der Waals surface area contributed by atoms with Gasteiger partial charge in [-0.15, -0.1) is 0 Å². The number of esters is 2. The molecule has 2 N–H and O–H groups in total. The van der Waals surface area contributed by atoms with Gasteiger partial charge in [0.1, 0.15) is 17.8 Å². The smallest absolute Gasteiger partial charge is 0.309 e. The van der Waals surface area contributed by atoms with E-state index in [0.717, 1.165) is 24.0 Å². The molecule has 0 radical (unpaired) electrons. The lowest BCUT2D eigenvalue weighted by atomic mass is 9.54. The highest BCUT2D eigenvalue weighted by Gasteiger charge is 2.95. The predicted octanol–water partition coefficient (Wildman–Crippen LogP) is 3.16. The monoisotopic (exact) mass is 512 g/mol. The van der Waals surface area contributed by atoms with E-state index in [0.29, 0.717) is 19.3 Å². The van der Waals surface area contributed by atoms with Crippen molar-refractivity contribution in [3.8, 4) is 0 Å². The Hall–Kier alpha value is -1.44. The van der Waals surface area contributed by atoms with Gasteiger partial charge in [-0.2, -0.15) is 0 Å². The summed E-state index contributed by atoms with van der Waals surface area (Å²) in [5, 5.41) is 25.3. The molecule has 0 aromatic heterocycles. The minimum atomic E-state index is -1.16. The molecule has 7 nitrogen and oxygen atoms in total. The molecule has 8 aliphatic rings. The highest BCUT2D eigenvalue weighted by atomic mass is 16.6. The second-order valence-corrected chi connectivity index (χ2v) is 14.7. The average molecular weight is 513 g/mol. The van der Waals surface area contributed by atoms with E-state index in [-0.39, 0.29) is 65.4 Å². The van der Waals surface area contributed by atoms with Crippen LogP contribution in [0.1, 0.15) is 73.6 Å². The lowest BCUT2D eigenvalue weighted by Crippen LogP contribution is -2.62. The van der Waals surface area contributed by atoms with Crippen molar-refractivity contribution in [2.24, 2.45) is 52.8 Å². The molecule has 7 fully saturated rings. The number of carbonyl (C=O) groups is 2. The van der Waals surface area contributed by atoms with E-state index in [2.05, 4.69) is 20.8 Å². The number of hydrogen-bond donors (Lipinski definition) is 2. The molecule has 202 valence electrons. The summed E-state index contributed by atoms with van der Waals surface area (Å²) in [6.45, 7) is 12.2. The van der Waals surface area contributed by atoms with E-state index in [1.54, 1.807) is 0 Å². The fourth-order valence-corrected chi connectivity index (χ4v) is 12.4. The van der Waals surface area contributed by atoms with Gasteiger partial charge >= 0.3 is 11.9 Å². The summed E-state index contributed by atoms with van der Waals surface area (Å²) in [6.07, 6.45) is 2.74. The summed E-state index contributed by atoms with van der Waals surface area (Å²) in [7, 11) is 0. The van der Waals surface area contributed by atoms with Crippen LogP contribution in [-0.4, -0.2) is 56.8 Å². The predicted molar refractivity (Wildman–Crippen MR) is 131 cm³/mol. The van der Waals surface area contributed by atoms with Crippen molar-refractivity contribution >= 4 is 11.9 Å². The zero-order chi connectivity index (χ0) is 26.2. The molecule has 8 rings (SSSR count). The molecule has 0 aromatic rings. The third-order valence-electron chi connectivity index (χ3n) is 13.5. The van der Waals surface area contributed by atoms with Gasteiger partial charge in [0.05, 0.1) is 34.1 Å². The van der Waals surface area contributed by atoms with Crippen LogP contribution in [0.5, 0.6) is 0 Å². The topological polar surface area (TPSA) is 102 Å². The first-order valence-electron chi connectivity index (χ1n) is 14.5. The number of hydrogen-bond acceptors (Lipinski definition) is 7. The Kier molecular flexibility index (Phi) is 4.00. The van der Waals surface area contributed by atoms with E-state index in [4.69, 9.17) is 14.2 Å². The molecule has 5 aliphatic carbocycles. The van der Waals surface area contributed by atoms with Gasteiger partial charge in [0, 0.05) is 17.8 Å². The molecule has 3 aliphatic heterocycles. The number of aliphatic hydroxyl groups is 2. The Morgan fingerprint density at radius 3 is 2.24 bits per heavy atom. The maximum absolute atomic E-state index is 13.2. The molecule has 0 amide bonds. The van der Waals surface area contributed by atoms with Crippen molar-refractivity contribution in [2.45, 2.75) is 108 Å². The third kappa shape index (κ3) is 2.09. The zero-order valence-corrected chi connectivity index (χ0v) is 22.7. The number of allylic oxidation sites excluding steroid dienone is 1. The SMILES string of the molecule is CC1=C2[C@H]3OC(=O)[C@@H](C)[C@@H]3CC[C@](C)(O)[C@H]2[C@H]2[C@H]3C[C@]4(C)O[C@@]5(C)CC[C@H]6[C@H](C)C(=O)O[C@@H]6[C@]4([C@@H]12)[C@@]35O. The van der Waals surface area contributed by atoms with Crippen LogP contribution >= 0.6 is 0 Å². The highest BCUT2D eigenvalue weighted by Crippen LogP contribution is 2.86. The van der Waals surface area contributed by atoms with Crippen LogP contribution in [-0.2, 0) is 23.8 Å². The Morgan fingerprint density at radius 1 is 0.865 bits per heavy atom. The first-order valence-corrected chi connectivity index (χ1v) is 14.5. The van der Waals surface area contributed by atoms with Gasteiger partial charge in [-0.25, -0.2) is 0 Å². The molecule has 0 unspecified atom stereocenters. The Balaban J connectivity index is 1.40. The van der Waals surface area contributed by atoms with Crippen LogP contribution in [0, 0.1) is 52.8 Å². The largest absolute Gasteiger partial charge is 0.461 e. The Morgan fingerprint density at radius 2 is 1.51 bits per heavy atom. The summed E-state index contributed by atoms with van der Waals surface area (Å²) in [5.74, 6) is -1.06. The first-order chi connectivity index (χ1) is 17.3. The molecule has 15 atom stereocenters. The average Bonchev–Trinajstić information content (AvgIpc) is 3.49. The standard InChI is InChI=1S/C30H40O7/c1-12-15-7-9-26(4,33)21-18(22(15)35-24(12)31)14(3)20-19(21)17-11-28(6)29(20)23-16(13(2)25(32)36-23)8-10-27(5,37-28)30(17,29)34/h12-13,15-17,19-23,33-34H,7-11H2,1-6H3/t12-,13-,15-,16-,17+,19-,20-,21+,22-,23-,26-,27-,28-,29-,30+/m0/s1. The maximum Gasteiger partial charge on any atom is 0.309 e. The molecule has 3 heterocycles. The molecule has 0 spiro atoms. The minimum absolute atomic E-state index is 0.00647. The van der Waals surface area contributed by atoms with Gasteiger partial charge < -0.3 is 24.4 Å². The molecule has 5 bridgehead atoms. The summed E-state index contributed by atoms with van der Waals surface area (Å²) in [4.78, 5) is 25.8. The van der Waals surface area contributed by atoms with Gasteiger partial charge in [-0.05, 0) is 83.1 Å².